The van der Waals surface area contributed by atoms with Gasteiger partial charge in [-0.1, -0.05) is 0 Å². The zero-order valence-electron chi connectivity index (χ0n) is 4.57. The second-order valence-corrected chi connectivity index (χ2v) is 1.24. The fourth-order valence-electron chi connectivity index (χ4n) is 0. The highest BCUT2D eigenvalue weighted by Crippen LogP contribution is 2.35. The average molecular weight is 204 g/mol. The molecule has 0 rings (SSSR count). The number of hydrogen-bond donors (Lipinski definition) is 2. The van der Waals surface area contributed by atoms with Gasteiger partial charge in [-0.05, 0) is 0 Å². The number of alkyl halides is 6. The number of hydrogen-bond acceptors (Lipinski definition) is 1. The molecule has 0 bridgehead atoms. The van der Waals surface area contributed by atoms with Crippen LogP contribution in [0.2, 0.25) is 0 Å². The Balaban J connectivity index is 0. The van der Waals surface area contributed by atoms with E-state index >= 15 is 0 Å². The summed E-state index contributed by atoms with van der Waals surface area (Å²) < 4.78 is 78.1. The molecule has 0 saturated heterocycles. The molecule has 1 N–H and O–H groups in total. The van der Waals surface area contributed by atoms with Crippen LogP contribution in [0.15, 0.2) is 0 Å². The summed E-state index contributed by atoms with van der Waals surface area (Å²) in [5.41, 5.74) is 0. The Bertz CT molecular complexity index is 103. The van der Waals surface area contributed by atoms with E-state index in [4.69, 9.17) is 8.76 Å². The van der Waals surface area contributed by atoms with Crippen LogP contribution in [0.25, 0.3) is 0 Å². The van der Waals surface area contributed by atoms with Crippen molar-refractivity contribution in [1.29, 1.82) is 0 Å². The molecule has 0 atom stereocenters. The molecule has 0 saturated carbocycles. The van der Waals surface area contributed by atoms with Crippen LogP contribution in [0.3, 0.4) is 0 Å². The Kier molecular flexibility index (Phi) is 5.49. The Morgan fingerprint density at radius 3 is 1.00 bits per heavy atom. The van der Waals surface area contributed by atoms with Crippen molar-refractivity contribution < 1.29 is 35.1 Å². The van der Waals surface area contributed by atoms with Gasteiger partial charge in [-0.15, -0.1) is 0 Å². The van der Waals surface area contributed by atoms with Crippen LogP contribution >= 0.6 is 0 Å². The number of halogens is 6. The molecule has 0 heterocycles. The SMILES string of the molecule is FC(F)(F)C(F)(F)F.O=[SH]O. The van der Waals surface area contributed by atoms with Crippen molar-refractivity contribution in [2.24, 2.45) is 0 Å². The molecule has 0 amide bonds. The smallest absolute Gasteiger partial charge is 0.308 e. The van der Waals surface area contributed by atoms with Crippen molar-refractivity contribution in [3.05, 3.63) is 0 Å². The van der Waals surface area contributed by atoms with Gasteiger partial charge in [0, 0.05) is 0 Å². The van der Waals surface area contributed by atoms with Crippen LogP contribution in [-0.4, -0.2) is 21.1 Å². The van der Waals surface area contributed by atoms with Crippen molar-refractivity contribution in [2.75, 3.05) is 0 Å². The fourth-order valence-corrected chi connectivity index (χ4v) is 0. The van der Waals surface area contributed by atoms with Crippen LogP contribution in [-0.2, 0) is 11.9 Å². The Hall–Kier alpha value is -0.310. The normalized spacial score (nSPS) is 11.9. The van der Waals surface area contributed by atoms with Gasteiger partial charge in [0.2, 0.25) is 0 Å². The van der Waals surface area contributed by atoms with Gasteiger partial charge >= 0.3 is 12.4 Å². The minimum atomic E-state index is -6.06. The Labute approximate surface area is 60.5 Å². The van der Waals surface area contributed by atoms with Gasteiger partial charge in [-0.2, -0.15) is 26.3 Å². The molecule has 11 heavy (non-hydrogen) atoms. The molecule has 0 aromatic carbocycles. The van der Waals surface area contributed by atoms with Crippen LogP contribution in [0.5, 0.6) is 0 Å². The summed E-state index contributed by atoms with van der Waals surface area (Å²) in [7, 11) is 0. The molecular weight excluding hydrogens is 202 g/mol. The lowest BCUT2D eigenvalue weighted by Gasteiger charge is -2.08. The molecular formula is C2H2F6O2S. The Morgan fingerprint density at radius 2 is 1.00 bits per heavy atom. The van der Waals surface area contributed by atoms with E-state index in [1.165, 1.54) is 0 Å². The first-order chi connectivity index (χ1) is 4.66. The van der Waals surface area contributed by atoms with E-state index in [1.54, 1.807) is 0 Å². The van der Waals surface area contributed by atoms with E-state index in [-0.39, 0.29) is 0 Å². The molecule has 0 radical (unpaired) electrons. The summed E-state index contributed by atoms with van der Waals surface area (Å²) >= 11 is -0.833. The number of rotatable bonds is 0. The van der Waals surface area contributed by atoms with E-state index < -0.39 is 24.3 Å². The lowest BCUT2D eigenvalue weighted by molar-refractivity contribution is -0.339. The average Bonchev–Trinajstić information content (AvgIpc) is 1.60. The molecule has 0 unspecified atom stereocenters. The van der Waals surface area contributed by atoms with Gasteiger partial charge in [0.15, 0.2) is 0 Å². The van der Waals surface area contributed by atoms with Gasteiger partial charge in [0.25, 0.3) is 0 Å². The summed E-state index contributed by atoms with van der Waals surface area (Å²) in [5, 5.41) is 0. The third-order valence-electron chi connectivity index (χ3n) is 0.321. The van der Waals surface area contributed by atoms with E-state index in [0.717, 1.165) is 0 Å². The lowest BCUT2D eigenvalue weighted by Crippen LogP contribution is -2.30. The van der Waals surface area contributed by atoms with Crippen molar-refractivity contribution >= 4 is 11.9 Å². The summed E-state index contributed by atoms with van der Waals surface area (Å²) in [6.07, 6.45) is -12.1. The summed E-state index contributed by atoms with van der Waals surface area (Å²) in [4.78, 5) is 0. The van der Waals surface area contributed by atoms with Crippen LogP contribution in [0, 0.1) is 0 Å². The maximum Gasteiger partial charge on any atom is 0.487 e. The first-order valence-electron chi connectivity index (χ1n) is 1.77. The monoisotopic (exact) mass is 204 g/mol. The number of thiol groups is 1. The van der Waals surface area contributed by atoms with Gasteiger partial charge in [-0.25, -0.2) is 4.21 Å². The van der Waals surface area contributed by atoms with E-state index in [2.05, 4.69) is 0 Å². The lowest BCUT2D eigenvalue weighted by atomic mass is 10.7. The van der Waals surface area contributed by atoms with Gasteiger partial charge < -0.3 is 4.55 Å². The molecule has 9 heteroatoms. The first kappa shape index (κ1) is 13.3. The Morgan fingerprint density at radius 1 is 0.909 bits per heavy atom. The molecule has 0 spiro atoms. The molecule has 0 aliphatic carbocycles. The van der Waals surface area contributed by atoms with Gasteiger partial charge in [-0.3, -0.25) is 0 Å². The van der Waals surface area contributed by atoms with E-state index in [0.29, 0.717) is 0 Å². The van der Waals surface area contributed by atoms with Crippen LogP contribution < -0.4 is 0 Å². The highest BCUT2D eigenvalue weighted by molar-refractivity contribution is 7.59. The minimum Gasteiger partial charge on any atom is -0.308 e. The highest BCUT2D eigenvalue weighted by Gasteiger charge is 2.58. The standard InChI is InChI=1S/C2F6.H2O2S/c3-1(4,5)2(6,7)8;1-3-2/h;3H,(H,1,2). The van der Waals surface area contributed by atoms with Gasteiger partial charge in [0.05, 0.1) is 0 Å². The molecule has 0 fully saturated rings. The topological polar surface area (TPSA) is 37.3 Å². The summed E-state index contributed by atoms with van der Waals surface area (Å²) in [6, 6.07) is 0. The predicted octanol–water partition coefficient (Wildman–Crippen LogP) is 1.52. The quantitative estimate of drug-likeness (QED) is 0.356. The van der Waals surface area contributed by atoms with Crippen molar-refractivity contribution in [3.63, 3.8) is 0 Å². The third kappa shape index (κ3) is 7.59. The molecule has 0 aliphatic heterocycles. The minimum absolute atomic E-state index is 0.833. The summed E-state index contributed by atoms with van der Waals surface area (Å²) in [5.74, 6) is 0. The molecule has 2 nitrogen and oxygen atoms in total. The van der Waals surface area contributed by atoms with Crippen molar-refractivity contribution in [1.82, 2.24) is 0 Å². The van der Waals surface area contributed by atoms with E-state index in [1.807, 2.05) is 0 Å². The maximum atomic E-state index is 10.4. The molecule has 0 aromatic rings. The predicted molar refractivity (Wildman–Crippen MR) is 24.3 cm³/mol. The largest absolute Gasteiger partial charge is 0.487 e. The maximum absolute atomic E-state index is 10.4. The summed E-state index contributed by atoms with van der Waals surface area (Å²) in [6.45, 7) is 0. The van der Waals surface area contributed by atoms with Crippen LogP contribution in [0.4, 0.5) is 26.3 Å². The van der Waals surface area contributed by atoms with Crippen LogP contribution in [0.1, 0.15) is 0 Å². The second kappa shape index (κ2) is 4.54. The second-order valence-electron chi connectivity index (χ2n) is 1.08. The third-order valence-corrected chi connectivity index (χ3v) is 0.321. The van der Waals surface area contributed by atoms with Gasteiger partial charge in [0.1, 0.15) is 11.9 Å². The highest BCUT2D eigenvalue weighted by atomic mass is 32.2. The molecule has 0 aromatic heterocycles. The van der Waals surface area contributed by atoms with Crippen molar-refractivity contribution in [2.45, 2.75) is 12.4 Å². The first-order valence-corrected chi connectivity index (χ1v) is 2.53. The fraction of sp³-hybridized carbons (Fsp3) is 1.00. The molecule has 70 valence electrons. The zero-order valence-corrected chi connectivity index (χ0v) is 5.46. The van der Waals surface area contributed by atoms with Crippen molar-refractivity contribution in [3.8, 4) is 0 Å². The van der Waals surface area contributed by atoms with E-state index in [9.17, 15) is 26.3 Å². The zero-order chi connectivity index (χ0) is 9.71. The molecule has 0 aliphatic rings.